The van der Waals surface area contributed by atoms with E-state index in [1.54, 1.807) is 55.5 Å². The Hall–Kier alpha value is -3.29. The van der Waals surface area contributed by atoms with E-state index >= 15 is 0 Å². The van der Waals surface area contributed by atoms with Crippen LogP contribution in [0.5, 0.6) is 5.75 Å². The van der Waals surface area contributed by atoms with Crippen molar-refractivity contribution in [2.24, 2.45) is 5.10 Å². The summed E-state index contributed by atoms with van der Waals surface area (Å²) in [6.45, 7) is 1.80. The molecule has 1 heterocycles. The van der Waals surface area contributed by atoms with E-state index in [2.05, 4.69) is 10.5 Å². The number of benzene rings is 2. The normalized spacial score (nSPS) is 10.8. The van der Waals surface area contributed by atoms with Gasteiger partial charge in [-0.05, 0) is 49.4 Å². The van der Waals surface area contributed by atoms with E-state index < -0.39 is 5.91 Å². The smallest absolute Gasteiger partial charge is 0.338 e. The molecule has 0 radical (unpaired) electrons. The molecule has 0 spiro atoms. The van der Waals surface area contributed by atoms with Crippen LogP contribution >= 0.6 is 23.2 Å². The van der Waals surface area contributed by atoms with Gasteiger partial charge in [0.05, 0.1) is 23.4 Å². The molecule has 0 fully saturated rings. The lowest BCUT2D eigenvalue weighted by Crippen LogP contribution is -2.24. The van der Waals surface area contributed by atoms with Crippen molar-refractivity contribution in [2.45, 2.75) is 6.92 Å². The number of hydrogen-bond donors (Lipinski definition) is 1. The molecule has 0 bridgehead atoms. The summed E-state index contributed by atoms with van der Waals surface area (Å²) < 4.78 is 16.0. The fourth-order valence-corrected chi connectivity index (χ4v) is 2.96. The maximum atomic E-state index is 11.9. The van der Waals surface area contributed by atoms with Crippen molar-refractivity contribution in [1.82, 2.24) is 5.43 Å². The molecule has 160 valence electrons. The highest BCUT2D eigenvalue weighted by atomic mass is 35.5. The van der Waals surface area contributed by atoms with Gasteiger partial charge >= 0.3 is 5.97 Å². The summed E-state index contributed by atoms with van der Waals surface area (Å²) in [4.78, 5) is 23.6. The molecule has 9 heteroatoms. The number of carbonyl (C=O) groups is 2. The molecule has 0 aliphatic rings. The Balaban J connectivity index is 1.52. The monoisotopic (exact) mass is 460 g/mol. The maximum absolute atomic E-state index is 11.9. The zero-order chi connectivity index (χ0) is 22.2. The second-order valence-electron chi connectivity index (χ2n) is 6.16. The second kappa shape index (κ2) is 10.7. The van der Waals surface area contributed by atoms with Crippen molar-refractivity contribution < 1.29 is 23.5 Å². The number of carbonyl (C=O) groups excluding carboxylic acids is 2. The van der Waals surface area contributed by atoms with Gasteiger partial charge in [0.2, 0.25) is 0 Å². The third kappa shape index (κ3) is 6.34. The molecule has 0 aliphatic heterocycles. The van der Waals surface area contributed by atoms with Crippen LogP contribution in [0.2, 0.25) is 10.0 Å². The molecule has 0 saturated heterocycles. The van der Waals surface area contributed by atoms with E-state index in [0.717, 1.165) is 5.56 Å². The summed E-state index contributed by atoms with van der Waals surface area (Å²) >= 11 is 11.8. The Morgan fingerprint density at radius 3 is 2.58 bits per heavy atom. The number of rotatable bonds is 8. The summed E-state index contributed by atoms with van der Waals surface area (Å²) in [6.07, 6.45) is 1.36. The number of ether oxygens (including phenoxy) is 2. The van der Waals surface area contributed by atoms with Gasteiger partial charge in [-0.15, -0.1) is 0 Å². The number of nitrogens with zero attached hydrogens (tertiary/aromatic N) is 1. The molecule has 31 heavy (non-hydrogen) atoms. The molecule has 2 aromatic carbocycles. The third-order valence-corrected chi connectivity index (χ3v) is 4.47. The lowest BCUT2D eigenvalue weighted by molar-refractivity contribution is -0.123. The topological polar surface area (TPSA) is 90.1 Å². The molecular weight excluding hydrogens is 443 g/mol. The quantitative estimate of drug-likeness (QED) is 0.291. The first-order valence-electron chi connectivity index (χ1n) is 9.23. The maximum Gasteiger partial charge on any atom is 0.338 e. The van der Waals surface area contributed by atoms with Gasteiger partial charge in [0.25, 0.3) is 5.91 Å². The lowest BCUT2D eigenvalue weighted by Gasteiger charge is -2.06. The SMILES string of the molecule is CCOC(=O)c1ccc(-c2ccc(/C=N\NC(=O)COc3ccc(Cl)cc3Cl)o2)cc1. The van der Waals surface area contributed by atoms with Gasteiger partial charge in [-0.25, -0.2) is 10.2 Å². The van der Waals surface area contributed by atoms with Crippen molar-refractivity contribution in [3.8, 4) is 17.1 Å². The van der Waals surface area contributed by atoms with Crippen LogP contribution < -0.4 is 10.2 Å². The van der Waals surface area contributed by atoms with Crippen LogP contribution in [0.15, 0.2) is 64.1 Å². The van der Waals surface area contributed by atoms with Gasteiger partial charge in [-0.1, -0.05) is 35.3 Å². The Morgan fingerprint density at radius 2 is 1.87 bits per heavy atom. The largest absolute Gasteiger partial charge is 0.482 e. The second-order valence-corrected chi connectivity index (χ2v) is 7.00. The fraction of sp³-hybridized carbons (Fsp3) is 0.136. The van der Waals surface area contributed by atoms with Gasteiger partial charge in [-0.3, -0.25) is 4.79 Å². The van der Waals surface area contributed by atoms with Gasteiger partial charge in [-0.2, -0.15) is 5.10 Å². The van der Waals surface area contributed by atoms with E-state index in [0.29, 0.717) is 39.5 Å². The average Bonchev–Trinajstić information content (AvgIpc) is 3.22. The first-order chi connectivity index (χ1) is 15.0. The molecule has 1 amide bonds. The number of furan rings is 1. The molecule has 0 unspecified atom stereocenters. The summed E-state index contributed by atoms with van der Waals surface area (Å²) in [5.41, 5.74) is 3.58. The molecule has 0 aliphatic carbocycles. The molecule has 1 N–H and O–H groups in total. The minimum absolute atomic E-state index is 0.269. The van der Waals surface area contributed by atoms with E-state index in [1.165, 1.54) is 12.3 Å². The minimum Gasteiger partial charge on any atom is -0.482 e. The van der Waals surface area contributed by atoms with Crippen molar-refractivity contribution >= 4 is 41.3 Å². The van der Waals surface area contributed by atoms with Crippen LogP contribution in [0.1, 0.15) is 23.0 Å². The predicted octanol–water partition coefficient (Wildman–Crippen LogP) is 4.96. The van der Waals surface area contributed by atoms with E-state index in [9.17, 15) is 9.59 Å². The average molecular weight is 461 g/mol. The zero-order valence-corrected chi connectivity index (χ0v) is 17.9. The van der Waals surface area contributed by atoms with Crippen LogP contribution in [0.25, 0.3) is 11.3 Å². The van der Waals surface area contributed by atoms with Crippen molar-refractivity contribution in [3.05, 3.63) is 76.0 Å². The van der Waals surface area contributed by atoms with Crippen molar-refractivity contribution in [2.75, 3.05) is 13.2 Å². The van der Waals surface area contributed by atoms with Crippen LogP contribution in [-0.2, 0) is 9.53 Å². The number of amides is 1. The number of hydrazone groups is 1. The summed E-state index contributed by atoms with van der Waals surface area (Å²) in [5, 5.41) is 4.62. The number of esters is 1. The highest BCUT2D eigenvalue weighted by Gasteiger charge is 2.09. The van der Waals surface area contributed by atoms with E-state index in [4.69, 9.17) is 37.1 Å². The van der Waals surface area contributed by atoms with Crippen LogP contribution in [-0.4, -0.2) is 31.3 Å². The predicted molar refractivity (Wildman–Crippen MR) is 118 cm³/mol. The highest BCUT2D eigenvalue weighted by Crippen LogP contribution is 2.27. The van der Waals surface area contributed by atoms with Crippen molar-refractivity contribution in [3.63, 3.8) is 0 Å². The first-order valence-corrected chi connectivity index (χ1v) is 9.99. The third-order valence-electron chi connectivity index (χ3n) is 3.94. The van der Waals surface area contributed by atoms with Crippen LogP contribution in [0, 0.1) is 0 Å². The Bertz CT molecular complexity index is 1090. The molecule has 7 nitrogen and oxygen atoms in total. The standard InChI is InChI=1S/C22H18Cl2N2O5/c1-2-29-22(28)15-5-3-14(4-6-15)19-10-8-17(31-19)12-25-26-21(27)13-30-20-9-7-16(23)11-18(20)24/h3-12H,2,13H2,1H3,(H,26,27)/b25-12-. The molecule has 3 aromatic rings. The number of nitrogens with one attached hydrogen (secondary N) is 1. The summed E-state index contributed by atoms with van der Waals surface area (Å²) in [6, 6.07) is 15.0. The van der Waals surface area contributed by atoms with Gasteiger partial charge < -0.3 is 13.9 Å². The zero-order valence-electron chi connectivity index (χ0n) is 16.4. The number of halogens is 2. The molecule has 3 rings (SSSR count). The first kappa shape index (κ1) is 22.4. The lowest BCUT2D eigenvalue weighted by atomic mass is 10.1. The van der Waals surface area contributed by atoms with Crippen LogP contribution in [0.3, 0.4) is 0 Å². The van der Waals surface area contributed by atoms with E-state index in [1.807, 2.05) is 0 Å². The molecule has 0 saturated carbocycles. The molecule has 0 atom stereocenters. The summed E-state index contributed by atoms with van der Waals surface area (Å²) in [5.74, 6) is 0.521. The van der Waals surface area contributed by atoms with E-state index in [-0.39, 0.29) is 12.6 Å². The minimum atomic E-state index is -0.469. The molecule has 1 aromatic heterocycles. The van der Waals surface area contributed by atoms with Gasteiger partial charge in [0, 0.05) is 10.6 Å². The Labute approximate surface area is 188 Å². The number of hydrogen-bond acceptors (Lipinski definition) is 6. The summed E-state index contributed by atoms with van der Waals surface area (Å²) in [7, 11) is 0. The van der Waals surface area contributed by atoms with Crippen LogP contribution in [0.4, 0.5) is 0 Å². The fourth-order valence-electron chi connectivity index (χ4n) is 2.50. The Kier molecular flexibility index (Phi) is 7.70. The Morgan fingerprint density at radius 1 is 1.10 bits per heavy atom. The van der Waals surface area contributed by atoms with Crippen molar-refractivity contribution in [1.29, 1.82) is 0 Å². The highest BCUT2D eigenvalue weighted by molar-refractivity contribution is 6.35. The van der Waals surface area contributed by atoms with Gasteiger partial charge in [0.1, 0.15) is 17.3 Å². The molecular formula is C22H18Cl2N2O5. The van der Waals surface area contributed by atoms with Gasteiger partial charge in [0.15, 0.2) is 6.61 Å².